The monoisotopic (exact) mass is 701 g/mol. The van der Waals surface area contributed by atoms with Crippen molar-refractivity contribution in [2.45, 2.75) is 89.1 Å². The summed E-state index contributed by atoms with van der Waals surface area (Å²) in [5.74, 6) is 2.41. The third kappa shape index (κ3) is 6.09. The molecule has 0 unspecified atom stereocenters. The minimum Gasteiger partial charge on any atom is -0.508 e. The van der Waals surface area contributed by atoms with E-state index in [4.69, 9.17) is 9.47 Å². The molecule has 0 saturated carbocycles. The predicted molar refractivity (Wildman–Crippen MR) is 199 cm³/mol. The largest absolute Gasteiger partial charge is 0.508 e. The first-order chi connectivity index (χ1) is 23.7. The van der Waals surface area contributed by atoms with Crippen LogP contribution in [0.4, 0.5) is 14.6 Å². The van der Waals surface area contributed by atoms with E-state index in [1.54, 1.807) is 24.1 Å². The first-order valence-electron chi connectivity index (χ1n) is 17.6. The van der Waals surface area contributed by atoms with Crippen LogP contribution in [0.2, 0.25) is 16.6 Å². The van der Waals surface area contributed by atoms with Gasteiger partial charge in [-0.3, -0.25) is 9.88 Å². The van der Waals surface area contributed by atoms with Crippen LogP contribution in [0.1, 0.15) is 66.4 Å². The summed E-state index contributed by atoms with van der Waals surface area (Å²) in [7, 11) is 3.13. The molecule has 2 aliphatic rings. The maximum absolute atomic E-state index is 17.0. The summed E-state index contributed by atoms with van der Waals surface area (Å²) >= 11 is 0. The second kappa shape index (κ2) is 13.7. The minimum atomic E-state index is -2.24. The first kappa shape index (κ1) is 36.0. The molecule has 2 aliphatic heterocycles. The van der Waals surface area contributed by atoms with Gasteiger partial charge >= 0.3 is 6.01 Å². The number of anilines is 1. The summed E-state index contributed by atoms with van der Waals surface area (Å²) in [6.07, 6.45) is 4.56. The Labute approximate surface area is 295 Å². The molecule has 8 nitrogen and oxygen atoms in total. The number of pyridine rings is 1. The van der Waals surface area contributed by atoms with E-state index in [-0.39, 0.29) is 45.7 Å². The Kier molecular flexibility index (Phi) is 9.85. The highest BCUT2D eigenvalue weighted by atomic mass is 28.3. The molecule has 0 spiro atoms. The molecule has 11 heteroatoms. The fourth-order valence-electron chi connectivity index (χ4n) is 8.78. The Morgan fingerprint density at radius 3 is 2.46 bits per heavy atom. The zero-order valence-electron chi connectivity index (χ0n) is 30.7. The molecule has 0 radical (unpaired) electrons. The molecule has 1 N–H and O–H groups in total. The van der Waals surface area contributed by atoms with Crippen molar-refractivity contribution in [1.29, 1.82) is 0 Å². The first-order valence-corrected chi connectivity index (χ1v) is 19.9. The van der Waals surface area contributed by atoms with Crippen molar-refractivity contribution in [3.05, 3.63) is 47.7 Å². The minimum absolute atomic E-state index is 0.0250. The average molecular weight is 702 g/mol. The third-order valence-electron chi connectivity index (χ3n) is 11.2. The summed E-state index contributed by atoms with van der Waals surface area (Å²) in [6, 6.07) is 5.97. The second-order valence-corrected chi connectivity index (χ2v) is 20.8. The number of aromatic nitrogens is 3. The lowest BCUT2D eigenvalue weighted by Crippen LogP contribution is -2.43. The fraction of sp³-hybridized carbons (Fsp3) is 0.513. The van der Waals surface area contributed by atoms with Crippen LogP contribution in [0, 0.1) is 23.1 Å². The molecular weight excluding hydrogens is 653 g/mol. The Morgan fingerprint density at radius 1 is 1.08 bits per heavy atom. The number of nitrogens with zero attached hydrogens (tertiary/aromatic N) is 5. The molecule has 2 aromatic heterocycles. The Balaban J connectivity index is 1.51. The standard InChI is InChI=1S/C39H49F2N5O3Si/c1-23(2)50(24(3)4,25(5)6)16-13-29-32(40)12-11-26-17-27(47)18-30(33(26)29)35-34(41)36-31(20-42-35)37(45(7)8)44-38(43-36)49-22-39-14-10-15-46(39)21-28(19-39)48-9/h11-12,17-18,20,23-25,28,47H,10,14-15,19,21-22H2,1-9H3/t28-,39+/m1/s1. The molecule has 2 saturated heterocycles. The highest BCUT2D eigenvalue weighted by Gasteiger charge is 2.49. The molecule has 0 bridgehead atoms. The lowest BCUT2D eigenvalue weighted by atomic mass is 9.94. The zero-order valence-corrected chi connectivity index (χ0v) is 31.7. The molecule has 266 valence electrons. The average Bonchev–Trinajstić information content (AvgIpc) is 3.61. The van der Waals surface area contributed by atoms with Crippen LogP contribution >= 0.6 is 0 Å². The van der Waals surface area contributed by atoms with E-state index >= 15 is 8.78 Å². The number of phenolic OH excluding ortho intramolecular Hbond substituents is 1. The highest BCUT2D eigenvalue weighted by molar-refractivity contribution is 6.90. The number of aromatic hydroxyl groups is 1. The van der Waals surface area contributed by atoms with Crippen LogP contribution in [0.3, 0.4) is 0 Å². The summed E-state index contributed by atoms with van der Waals surface area (Å²) in [5, 5.41) is 12.2. The lowest BCUT2D eigenvalue weighted by molar-refractivity contribution is 0.0997. The number of rotatable bonds is 9. The zero-order chi connectivity index (χ0) is 36.1. The summed E-state index contributed by atoms with van der Waals surface area (Å²) in [4.78, 5) is 18.0. The molecule has 0 amide bonds. The topological polar surface area (TPSA) is 83.8 Å². The van der Waals surface area contributed by atoms with E-state index in [0.717, 1.165) is 32.4 Å². The van der Waals surface area contributed by atoms with Gasteiger partial charge in [-0.05, 0) is 66.0 Å². The van der Waals surface area contributed by atoms with E-state index in [9.17, 15) is 5.11 Å². The van der Waals surface area contributed by atoms with E-state index in [1.165, 1.54) is 18.3 Å². The van der Waals surface area contributed by atoms with Crippen molar-refractivity contribution >= 4 is 35.6 Å². The summed E-state index contributed by atoms with van der Waals surface area (Å²) < 4.78 is 44.8. The molecule has 2 aromatic carbocycles. The van der Waals surface area contributed by atoms with Crippen molar-refractivity contribution < 1.29 is 23.4 Å². The van der Waals surface area contributed by atoms with Gasteiger partial charge < -0.3 is 19.5 Å². The maximum Gasteiger partial charge on any atom is 0.319 e. The van der Waals surface area contributed by atoms with Gasteiger partial charge in [-0.1, -0.05) is 53.5 Å². The van der Waals surface area contributed by atoms with Crippen molar-refractivity contribution in [1.82, 2.24) is 19.9 Å². The maximum atomic E-state index is 17.0. The molecule has 6 rings (SSSR count). The fourth-order valence-corrected chi connectivity index (χ4v) is 14.0. The van der Waals surface area contributed by atoms with E-state index < -0.39 is 19.7 Å². The third-order valence-corrected chi connectivity index (χ3v) is 17.5. The molecule has 4 heterocycles. The second-order valence-electron chi connectivity index (χ2n) is 15.2. The van der Waals surface area contributed by atoms with Crippen LogP contribution in [-0.4, -0.2) is 85.6 Å². The number of benzene rings is 2. The Morgan fingerprint density at radius 2 is 1.80 bits per heavy atom. The van der Waals surface area contributed by atoms with Crippen molar-refractivity contribution in [3.8, 4) is 34.5 Å². The number of halogens is 2. The van der Waals surface area contributed by atoms with Crippen LogP contribution in [0.15, 0.2) is 30.5 Å². The number of hydrogen-bond acceptors (Lipinski definition) is 8. The van der Waals surface area contributed by atoms with Gasteiger partial charge in [-0.15, -0.1) is 5.54 Å². The summed E-state index contributed by atoms with van der Waals surface area (Å²) in [5.41, 5.74) is 4.82. The van der Waals surface area contributed by atoms with Crippen LogP contribution in [-0.2, 0) is 4.74 Å². The number of phenols is 1. The van der Waals surface area contributed by atoms with E-state index in [2.05, 4.69) is 72.9 Å². The van der Waals surface area contributed by atoms with E-state index in [0.29, 0.717) is 45.2 Å². The number of hydrogen-bond donors (Lipinski definition) is 1. The lowest BCUT2D eigenvalue weighted by Gasteiger charge is -2.38. The number of ether oxygens (including phenoxy) is 2. The van der Waals surface area contributed by atoms with Gasteiger partial charge in [0.15, 0.2) is 5.82 Å². The molecule has 50 heavy (non-hydrogen) atoms. The Bertz CT molecular complexity index is 1970. The predicted octanol–water partition coefficient (Wildman–Crippen LogP) is 8.10. The van der Waals surface area contributed by atoms with Gasteiger partial charge in [-0.25, -0.2) is 8.78 Å². The summed E-state index contributed by atoms with van der Waals surface area (Å²) in [6.45, 7) is 15.4. The molecule has 2 atom stereocenters. The van der Waals surface area contributed by atoms with Crippen molar-refractivity contribution in [2.24, 2.45) is 0 Å². The quantitative estimate of drug-likeness (QED) is 0.139. The van der Waals surface area contributed by atoms with Gasteiger partial charge in [0.1, 0.15) is 43.3 Å². The van der Waals surface area contributed by atoms with Crippen molar-refractivity contribution in [3.63, 3.8) is 0 Å². The Hall–Kier alpha value is -3.85. The van der Waals surface area contributed by atoms with Gasteiger partial charge in [-0.2, -0.15) is 9.97 Å². The normalized spacial score (nSPS) is 19.5. The van der Waals surface area contributed by atoms with Crippen LogP contribution in [0.5, 0.6) is 11.8 Å². The molecule has 0 aliphatic carbocycles. The number of methoxy groups -OCH3 is 1. The number of fused-ring (bicyclic) bond motifs is 3. The molecule has 4 aromatic rings. The highest BCUT2D eigenvalue weighted by Crippen LogP contribution is 2.43. The SMILES string of the molecule is CO[C@H]1CN2CCC[C@@]2(COc2nc(N(C)C)c3cnc(-c4cc(O)cc5ccc(F)c(C#C[Si](C(C)C)(C(C)C)C(C)C)c45)c(F)c3n2)C1. The molecule has 2 fully saturated rings. The van der Waals surface area contributed by atoms with Crippen LogP contribution in [0.25, 0.3) is 32.9 Å². The van der Waals surface area contributed by atoms with Gasteiger partial charge in [0.2, 0.25) is 0 Å². The van der Waals surface area contributed by atoms with Gasteiger partial charge in [0.05, 0.1) is 22.6 Å². The molecular formula is C39H49F2N5O3Si. The van der Waals surface area contributed by atoms with Crippen LogP contribution < -0.4 is 9.64 Å². The van der Waals surface area contributed by atoms with E-state index in [1.807, 2.05) is 14.1 Å². The van der Waals surface area contributed by atoms with Gasteiger partial charge in [0.25, 0.3) is 0 Å². The van der Waals surface area contributed by atoms with Gasteiger partial charge in [0, 0.05) is 44.9 Å². The smallest absolute Gasteiger partial charge is 0.319 e. The van der Waals surface area contributed by atoms with Crippen molar-refractivity contribution in [2.75, 3.05) is 45.8 Å².